The van der Waals surface area contributed by atoms with E-state index in [1.807, 2.05) is 26.2 Å². The molecule has 1 aliphatic rings. The molecule has 1 unspecified atom stereocenters. The zero-order chi connectivity index (χ0) is 15.5. The van der Waals surface area contributed by atoms with Crippen molar-refractivity contribution in [2.45, 2.75) is 26.8 Å². The first-order valence-electron chi connectivity index (χ1n) is 7.70. The average molecular weight is 289 g/mol. The van der Waals surface area contributed by atoms with Gasteiger partial charge in [-0.2, -0.15) is 0 Å². The number of nitrogens with one attached hydrogen (secondary N) is 2. The molecule has 4 heteroatoms. The van der Waals surface area contributed by atoms with Crippen molar-refractivity contribution in [1.29, 1.82) is 0 Å². The number of amides is 1. The van der Waals surface area contributed by atoms with Gasteiger partial charge in [0.05, 0.1) is 5.41 Å². The fourth-order valence-electron chi connectivity index (χ4n) is 3.03. The van der Waals surface area contributed by atoms with Crippen LogP contribution in [0, 0.1) is 11.3 Å². The molecule has 1 aromatic rings. The summed E-state index contributed by atoms with van der Waals surface area (Å²) in [6.45, 7) is 6.84. The molecule has 1 aromatic carbocycles. The molecule has 1 amide bonds. The lowest BCUT2D eigenvalue weighted by Gasteiger charge is -2.31. The third-order valence-electron chi connectivity index (χ3n) is 4.43. The molecule has 0 aliphatic carbocycles. The summed E-state index contributed by atoms with van der Waals surface area (Å²) >= 11 is 0. The summed E-state index contributed by atoms with van der Waals surface area (Å²) in [4.78, 5) is 14.9. The Labute approximate surface area is 127 Å². The second kappa shape index (κ2) is 6.58. The Kier molecular flexibility index (Phi) is 5.01. The predicted molar refractivity (Wildman–Crippen MR) is 87.2 cm³/mol. The van der Waals surface area contributed by atoms with E-state index in [9.17, 15) is 4.79 Å². The van der Waals surface area contributed by atoms with E-state index in [2.05, 4.69) is 41.5 Å². The standard InChI is InChI=1S/C17H27N3O/c1-13(2)17(8-9-18-12-17)16(21)19-15-7-5-6-14(10-15)11-20(3)4/h5-7,10,13,18H,8-9,11-12H2,1-4H3,(H,19,21). The molecule has 116 valence electrons. The lowest BCUT2D eigenvalue weighted by Crippen LogP contribution is -2.42. The van der Waals surface area contributed by atoms with E-state index in [4.69, 9.17) is 0 Å². The van der Waals surface area contributed by atoms with Crippen LogP contribution in [-0.2, 0) is 11.3 Å². The van der Waals surface area contributed by atoms with Crippen LogP contribution >= 0.6 is 0 Å². The van der Waals surface area contributed by atoms with Gasteiger partial charge in [-0.3, -0.25) is 4.79 Å². The molecule has 1 saturated heterocycles. The number of anilines is 1. The SMILES string of the molecule is CC(C)C1(C(=O)Nc2cccc(CN(C)C)c2)CCNC1. The molecule has 1 fully saturated rings. The van der Waals surface area contributed by atoms with Crippen LogP contribution in [-0.4, -0.2) is 38.0 Å². The molecule has 0 saturated carbocycles. The number of nitrogens with zero attached hydrogens (tertiary/aromatic N) is 1. The van der Waals surface area contributed by atoms with Crippen molar-refractivity contribution in [2.24, 2.45) is 11.3 Å². The van der Waals surface area contributed by atoms with E-state index >= 15 is 0 Å². The summed E-state index contributed by atoms with van der Waals surface area (Å²) in [5, 5.41) is 6.45. The highest BCUT2D eigenvalue weighted by Crippen LogP contribution is 2.35. The maximum atomic E-state index is 12.8. The Balaban J connectivity index is 2.12. The first kappa shape index (κ1) is 16.0. The lowest BCUT2D eigenvalue weighted by atomic mass is 9.75. The van der Waals surface area contributed by atoms with Crippen molar-refractivity contribution in [3.63, 3.8) is 0 Å². The number of carbonyl (C=O) groups is 1. The van der Waals surface area contributed by atoms with Crippen molar-refractivity contribution in [3.8, 4) is 0 Å². The highest BCUT2D eigenvalue weighted by molar-refractivity contribution is 5.96. The molecule has 0 bridgehead atoms. The summed E-state index contributed by atoms with van der Waals surface area (Å²) in [6.07, 6.45) is 0.911. The molecule has 0 spiro atoms. The average Bonchev–Trinajstić information content (AvgIpc) is 2.88. The van der Waals surface area contributed by atoms with Crippen molar-refractivity contribution in [3.05, 3.63) is 29.8 Å². The van der Waals surface area contributed by atoms with Gasteiger partial charge in [-0.05, 0) is 50.7 Å². The minimum atomic E-state index is -0.280. The molecule has 1 heterocycles. The monoisotopic (exact) mass is 289 g/mol. The highest BCUT2D eigenvalue weighted by Gasteiger charge is 2.43. The quantitative estimate of drug-likeness (QED) is 0.874. The topological polar surface area (TPSA) is 44.4 Å². The second-order valence-electron chi connectivity index (χ2n) is 6.63. The van der Waals surface area contributed by atoms with Gasteiger partial charge in [-0.1, -0.05) is 26.0 Å². The number of benzene rings is 1. The maximum Gasteiger partial charge on any atom is 0.232 e. The van der Waals surface area contributed by atoms with Crippen LogP contribution in [0.5, 0.6) is 0 Å². The Morgan fingerprint density at radius 1 is 1.43 bits per heavy atom. The van der Waals surface area contributed by atoms with Gasteiger partial charge < -0.3 is 15.5 Å². The summed E-state index contributed by atoms with van der Waals surface area (Å²) in [5.41, 5.74) is 1.82. The van der Waals surface area contributed by atoms with E-state index in [1.54, 1.807) is 0 Å². The van der Waals surface area contributed by atoms with Crippen LogP contribution in [0.3, 0.4) is 0 Å². The number of carbonyl (C=O) groups excluding carboxylic acids is 1. The van der Waals surface area contributed by atoms with E-state index in [0.717, 1.165) is 31.7 Å². The van der Waals surface area contributed by atoms with Crippen LogP contribution < -0.4 is 10.6 Å². The molecule has 1 aliphatic heterocycles. The van der Waals surface area contributed by atoms with Gasteiger partial charge in [-0.15, -0.1) is 0 Å². The van der Waals surface area contributed by atoms with Gasteiger partial charge in [-0.25, -0.2) is 0 Å². The third-order valence-corrected chi connectivity index (χ3v) is 4.43. The van der Waals surface area contributed by atoms with E-state index in [-0.39, 0.29) is 11.3 Å². The van der Waals surface area contributed by atoms with Crippen LogP contribution in [0.15, 0.2) is 24.3 Å². The lowest BCUT2D eigenvalue weighted by molar-refractivity contribution is -0.126. The zero-order valence-corrected chi connectivity index (χ0v) is 13.6. The van der Waals surface area contributed by atoms with Crippen LogP contribution in [0.1, 0.15) is 25.8 Å². The second-order valence-corrected chi connectivity index (χ2v) is 6.63. The van der Waals surface area contributed by atoms with Crippen molar-refractivity contribution < 1.29 is 4.79 Å². The molecule has 0 radical (unpaired) electrons. The van der Waals surface area contributed by atoms with E-state index in [0.29, 0.717) is 5.92 Å². The van der Waals surface area contributed by atoms with Gasteiger partial charge >= 0.3 is 0 Å². The summed E-state index contributed by atoms with van der Waals surface area (Å²) < 4.78 is 0. The Morgan fingerprint density at radius 2 is 2.19 bits per heavy atom. The predicted octanol–water partition coefficient (Wildman–Crippen LogP) is 2.32. The zero-order valence-electron chi connectivity index (χ0n) is 13.6. The number of hydrogen-bond acceptors (Lipinski definition) is 3. The van der Waals surface area contributed by atoms with Crippen LogP contribution in [0.2, 0.25) is 0 Å². The molecule has 21 heavy (non-hydrogen) atoms. The maximum absolute atomic E-state index is 12.8. The van der Waals surface area contributed by atoms with Gasteiger partial charge in [0.15, 0.2) is 0 Å². The van der Waals surface area contributed by atoms with Crippen molar-refractivity contribution in [1.82, 2.24) is 10.2 Å². The van der Waals surface area contributed by atoms with Gasteiger partial charge in [0.1, 0.15) is 0 Å². The molecule has 2 N–H and O–H groups in total. The number of rotatable bonds is 5. The minimum Gasteiger partial charge on any atom is -0.326 e. The summed E-state index contributed by atoms with van der Waals surface area (Å²) in [5.74, 6) is 0.474. The Bertz CT molecular complexity index is 491. The number of hydrogen-bond donors (Lipinski definition) is 2. The smallest absolute Gasteiger partial charge is 0.232 e. The molecule has 4 nitrogen and oxygen atoms in total. The largest absolute Gasteiger partial charge is 0.326 e. The first-order chi connectivity index (χ1) is 9.94. The van der Waals surface area contributed by atoms with Crippen molar-refractivity contribution in [2.75, 3.05) is 32.5 Å². The van der Waals surface area contributed by atoms with Crippen LogP contribution in [0.4, 0.5) is 5.69 Å². The molecular weight excluding hydrogens is 262 g/mol. The van der Waals surface area contributed by atoms with Crippen LogP contribution in [0.25, 0.3) is 0 Å². The molecular formula is C17H27N3O. The fraction of sp³-hybridized carbons (Fsp3) is 0.588. The first-order valence-corrected chi connectivity index (χ1v) is 7.70. The summed E-state index contributed by atoms with van der Waals surface area (Å²) in [7, 11) is 4.09. The fourth-order valence-corrected chi connectivity index (χ4v) is 3.03. The van der Waals surface area contributed by atoms with E-state index < -0.39 is 0 Å². The molecule has 0 aromatic heterocycles. The highest BCUT2D eigenvalue weighted by atomic mass is 16.2. The minimum absolute atomic E-state index is 0.143. The van der Waals surface area contributed by atoms with Crippen molar-refractivity contribution >= 4 is 11.6 Å². The normalized spacial score (nSPS) is 22.0. The third kappa shape index (κ3) is 3.63. The Hall–Kier alpha value is -1.39. The van der Waals surface area contributed by atoms with Gasteiger partial charge in [0, 0.05) is 18.8 Å². The summed E-state index contributed by atoms with van der Waals surface area (Å²) in [6, 6.07) is 8.12. The van der Waals surface area contributed by atoms with E-state index in [1.165, 1.54) is 5.56 Å². The molecule has 2 rings (SSSR count). The Morgan fingerprint density at radius 3 is 2.76 bits per heavy atom. The van der Waals surface area contributed by atoms with Gasteiger partial charge in [0.2, 0.25) is 5.91 Å². The van der Waals surface area contributed by atoms with Gasteiger partial charge in [0.25, 0.3) is 0 Å². The molecule has 1 atom stereocenters.